The summed E-state index contributed by atoms with van der Waals surface area (Å²) in [7, 11) is 3.47. The minimum Gasteiger partial charge on any atom is -0.497 e. The summed E-state index contributed by atoms with van der Waals surface area (Å²) in [6.45, 7) is 9.56. The second-order valence-corrected chi connectivity index (χ2v) is 8.61. The van der Waals surface area contributed by atoms with Crippen molar-refractivity contribution in [1.29, 1.82) is 0 Å². The van der Waals surface area contributed by atoms with Crippen LogP contribution in [0.5, 0.6) is 5.75 Å². The van der Waals surface area contributed by atoms with Gasteiger partial charge in [-0.15, -0.1) is 0 Å². The Balaban J connectivity index is 1.62. The van der Waals surface area contributed by atoms with Crippen molar-refractivity contribution in [3.8, 4) is 5.75 Å². The molecule has 1 atom stereocenters. The lowest BCUT2D eigenvalue weighted by Gasteiger charge is -2.29. The molecule has 164 valence electrons. The van der Waals surface area contributed by atoms with E-state index in [1.54, 1.807) is 14.2 Å². The van der Waals surface area contributed by atoms with Crippen LogP contribution in [0.25, 0.3) is 0 Å². The average molecular weight is 415 g/mol. The van der Waals surface area contributed by atoms with Crippen molar-refractivity contribution in [3.05, 3.63) is 41.5 Å². The predicted octanol–water partition coefficient (Wildman–Crippen LogP) is 2.88. The second-order valence-electron chi connectivity index (χ2n) is 8.61. The molecule has 0 saturated carbocycles. The molecule has 2 aromatic rings. The third kappa shape index (κ3) is 5.72. The molecule has 8 heteroatoms. The molecule has 1 fully saturated rings. The summed E-state index contributed by atoms with van der Waals surface area (Å²) in [5.74, 6) is 2.84. The van der Waals surface area contributed by atoms with Crippen LogP contribution in [0.1, 0.15) is 56.9 Å². The zero-order chi connectivity index (χ0) is 21.6. The molecule has 0 amide bonds. The van der Waals surface area contributed by atoms with E-state index in [0.29, 0.717) is 24.2 Å². The topological polar surface area (TPSA) is 87.8 Å². The summed E-state index contributed by atoms with van der Waals surface area (Å²) in [5, 5.41) is 10.8. The number of rotatable bonds is 7. The highest BCUT2D eigenvalue weighted by molar-refractivity contribution is 5.79. The Morgan fingerprint density at radius 1 is 1.27 bits per heavy atom. The van der Waals surface area contributed by atoms with Gasteiger partial charge in [0.2, 0.25) is 5.89 Å². The molecule has 1 saturated heterocycles. The average Bonchev–Trinajstić information content (AvgIpc) is 3.42. The van der Waals surface area contributed by atoms with Crippen LogP contribution in [0.4, 0.5) is 0 Å². The van der Waals surface area contributed by atoms with Crippen LogP contribution in [-0.2, 0) is 12.0 Å². The van der Waals surface area contributed by atoms with E-state index in [-0.39, 0.29) is 11.5 Å². The van der Waals surface area contributed by atoms with Crippen LogP contribution < -0.4 is 15.4 Å². The van der Waals surface area contributed by atoms with Crippen molar-refractivity contribution in [2.75, 3.05) is 33.8 Å². The molecule has 8 nitrogen and oxygen atoms in total. The molecule has 2 heterocycles. The SMILES string of the molecule is CN=C(NCc1noc(C(C)(C)C)n1)NCC(c1cccc(OC)c1)N1CCCC1. The van der Waals surface area contributed by atoms with Crippen LogP contribution >= 0.6 is 0 Å². The Morgan fingerprint density at radius 2 is 2.03 bits per heavy atom. The first-order valence-electron chi connectivity index (χ1n) is 10.6. The standard InChI is InChI=1S/C22H34N6O2/c1-22(2,3)20-26-19(27-30-20)15-25-21(23-4)24-14-18(28-11-6-7-12-28)16-9-8-10-17(13-16)29-5/h8-10,13,18H,6-7,11-12,14-15H2,1-5H3,(H2,23,24,25). The quantitative estimate of drug-likeness (QED) is 0.532. The van der Waals surface area contributed by atoms with Crippen LogP contribution in [0, 0.1) is 0 Å². The van der Waals surface area contributed by atoms with Gasteiger partial charge in [0.25, 0.3) is 0 Å². The van der Waals surface area contributed by atoms with Crippen molar-refractivity contribution in [2.24, 2.45) is 4.99 Å². The lowest BCUT2D eigenvalue weighted by molar-refractivity contribution is 0.245. The molecule has 0 spiro atoms. The molecular weight excluding hydrogens is 380 g/mol. The second kappa shape index (κ2) is 9.93. The van der Waals surface area contributed by atoms with Gasteiger partial charge in [-0.25, -0.2) is 0 Å². The first-order chi connectivity index (χ1) is 14.4. The number of nitrogens with one attached hydrogen (secondary N) is 2. The highest BCUT2D eigenvalue weighted by Crippen LogP contribution is 2.27. The van der Waals surface area contributed by atoms with E-state index in [2.05, 4.69) is 63.6 Å². The summed E-state index contributed by atoms with van der Waals surface area (Å²) >= 11 is 0. The zero-order valence-electron chi connectivity index (χ0n) is 18.7. The number of benzene rings is 1. The Hall–Kier alpha value is -2.61. The number of hydrogen-bond donors (Lipinski definition) is 2. The zero-order valence-corrected chi connectivity index (χ0v) is 18.7. The molecule has 1 aliphatic heterocycles. The van der Waals surface area contributed by atoms with Gasteiger partial charge in [-0.05, 0) is 43.6 Å². The minimum absolute atomic E-state index is 0.162. The van der Waals surface area contributed by atoms with Crippen LogP contribution in [0.15, 0.2) is 33.8 Å². The summed E-state index contributed by atoms with van der Waals surface area (Å²) in [5.41, 5.74) is 1.08. The first kappa shape index (κ1) is 22.1. The number of nitrogens with zero attached hydrogens (tertiary/aromatic N) is 4. The summed E-state index contributed by atoms with van der Waals surface area (Å²) in [6.07, 6.45) is 2.47. The van der Waals surface area contributed by atoms with Crippen molar-refractivity contribution in [3.63, 3.8) is 0 Å². The highest BCUT2D eigenvalue weighted by Gasteiger charge is 2.24. The highest BCUT2D eigenvalue weighted by atomic mass is 16.5. The van der Waals surface area contributed by atoms with Gasteiger partial charge < -0.3 is 19.9 Å². The molecule has 2 N–H and O–H groups in total. The summed E-state index contributed by atoms with van der Waals surface area (Å²) < 4.78 is 10.8. The lowest BCUT2D eigenvalue weighted by Crippen LogP contribution is -2.42. The molecule has 0 bridgehead atoms. The van der Waals surface area contributed by atoms with Crippen LogP contribution in [-0.4, -0.2) is 54.8 Å². The summed E-state index contributed by atoms with van der Waals surface area (Å²) in [4.78, 5) is 11.3. The number of methoxy groups -OCH3 is 1. The van der Waals surface area contributed by atoms with E-state index in [1.165, 1.54) is 18.4 Å². The van der Waals surface area contributed by atoms with E-state index in [4.69, 9.17) is 9.26 Å². The normalized spacial score (nSPS) is 16.5. The third-order valence-electron chi connectivity index (χ3n) is 5.27. The molecule has 1 aromatic heterocycles. The fourth-order valence-electron chi connectivity index (χ4n) is 3.57. The molecule has 1 unspecified atom stereocenters. The van der Waals surface area contributed by atoms with Crippen LogP contribution in [0.3, 0.4) is 0 Å². The molecule has 30 heavy (non-hydrogen) atoms. The molecule has 1 aliphatic rings. The van der Waals surface area contributed by atoms with Gasteiger partial charge in [0.1, 0.15) is 5.75 Å². The van der Waals surface area contributed by atoms with E-state index in [9.17, 15) is 0 Å². The van der Waals surface area contributed by atoms with Crippen LogP contribution in [0.2, 0.25) is 0 Å². The Kier molecular flexibility index (Phi) is 7.31. The van der Waals surface area contributed by atoms with Gasteiger partial charge >= 0.3 is 0 Å². The maximum Gasteiger partial charge on any atom is 0.232 e. The van der Waals surface area contributed by atoms with Crippen molar-refractivity contribution in [1.82, 2.24) is 25.7 Å². The number of ether oxygens (including phenoxy) is 1. The number of aromatic nitrogens is 2. The predicted molar refractivity (Wildman–Crippen MR) is 118 cm³/mol. The Labute approximate surface area is 179 Å². The van der Waals surface area contributed by atoms with Crippen molar-refractivity contribution < 1.29 is 9.26 Å². The fourth-order valence-corrected chi connectivity index (χ4v) is 3.57. The molecule has 0 aliphatic carbocycles. The first-order valence-corrected chi connectivity index (χ1v) is 10.6. The van der Waals surface area contributed by atoms with E-state index in [1.807, 2.05) is 12.1 Å². The van der Waals surface area contributed by atoms with Gasteiger partial charge in [-0.3, -0.25) is 9.89 Å². The Morgan fingerprint density at radius 3 is 2.67 bits per heavy atom. The Bertz CT molecular complexity index is 836. The molecular formula is C22H34N6O2. The third-order valence-corrected chi connectivity index (χ3v) is 5.27. The maximum atomic E-state index is 5.43. The van der Waals surface area contributed by atoms with Gasteiger partial charge in [-0.1, -0.05) is 38.1 Å². The number of likely N-dealkylation sites (tertiary alicyclic amines) is 1. The molecule has 1 aromatic carbocycles. The monoisotopic (exact) mass is 414 g/mol. The van der Waals surface area contributed by atoms with E-state index in [0.717, 1.165) is 25.4 Å². The van der Waals surface area contributed by atoms with Gasteiger partial charge in [-0.2, -0.15) is 4.98 Å². The van der Waals surface area contributed by atoms with E-state index >= 15 is 0 Å². The minimum atomic E-state index is -0.162. The van der Waals surface area contributed by atoms with E-state index < -0.39 is 0 Å². The number of guanidine groups is 1. The largest absolute Gasteiger partial charge is 0.497 e. The number of hydrogen-bond acceptors (Lipinski definition) is 6. The maximum absolute atomic E-state index is 5.43. The fraction of sp³-hybridized carbons (Fsp3) is 0.591. The van der Waals surface area contributed by atoms with Gasteiger partial charge in [0.15, 0.2) is 11.8 Å². The van der Waals surface area contributed by atoms with Crippen molar-refractivity contribution >= 4 is 5.96 Å². The lowest BCUT2D eigenvalue weighted by atomic mass is 9.97. The van der Waals surface area contributed by atoms with Gasteiger partial charge in [0, 0.05) is 19.0 Å². The van der Waals surface area contributed by atoms with Gasteiger partial charge in [0.05, 0.1) is 19.7 Å². The van der Waals surface area contributed by atoms with Crippen molar-refractivity contribution in [2.45, 2.75) is 51.6 Å². The molecule has 0 radical (unpaired) electrons. The molecule has 3 rings (SSSR count). The smallest absolute Gasteiger partial charge is 0.232 e. The summed E-state index contributed by atoms with van der Waals surface area (Å²) in [6, 6.07) is 8.56. The number of aliphatic imine (C=N–C) groups is 1.